The quantitative estimate of drug-likeness (QED) is 0.732. The zero-order chi connectivity index (χ0) is 19.3. The monoisotopic (exact) mass is 380 g/mol. The van der Waals surface area contributed by atoms with Crippen molar-refractivity contribution in [2.24, 2.45) is 0 Å². The number of amides is 1. The van der Waals surface area contributed by atoms with Gasteiger partial charge in [0.05, 0.1) is 5.52 Å². The molecule has 0 saturated carbocycles. The number of benzene rings is 1. The van der Waals surface area contributed by atoms with Crippen LogP contribution in [0.3, 0.4) is 0 Å². The summed E-state index contributed by atoms with van der Waals surface area (Å²) in [5, 5.41) is 3.74. The second-order valence-electron chi connectivity index (χ2n) is 6.62. The number of anilines is 2. The molecule has 28 heavy (non-hydrogen) atoms. The lowest BCUT2D eigenvalue weighted by Gasteiger charge is -2.35. The lowest BCUT2D eigenvalue weighted by molar-refractivity contribution is -0.131. The van der Waals surface area contributed by atoms with Crippen molar-refractivity contribution in [3.63, 3.8) is 0 Å². The van der Waals surface area contributed by atoms with Crippen molar-refractivity contribution in [2.75, 3.05) is 42.9 Å². The Bertz CT molecular complexity index is 959. The van der Waals surface area contributed by atoms with Gasteiger partial charge in [0.15, 0.2) is 0 Å². The van der Waals surface area contributed by atoms with E-state index in [1.807, 2.05) is 23.1 Å². The largest absolute Gasteiger partial charge is 0.369 e. The summed E-state index contributed by atoms with van der Waals surface area (Å²) in [7, 11) is 0. The Morgan fingerprint density at radius 1 is 1.07 bits per heavy atom. The summed E-state index contributed by atoms with van der Waals surface area (Å²) >= 11 is 0. The number of rotatable bonds is 5. The number of pyridine rings is 1. The highest BCUT2D eigenvalue weighted by molar-refractivity contribution is 5.89. The normalized spacial score (nSPS) is 14.3. The van der Waals surface area contributed by atoms with Crippen molar-refractivity contribution in [1.82, 2.24) is 19.9 Å². The molecule has 1 aliphatic rings. The van der Waals surface area contributed by atoms with Gasteiger partial charge in [0.25, 0.3) is 0 Å². The molecule has 0 radical (unpaired) electrons. The fourth-order valence-corrected chi connectivity index (χ4v) is 3.34. The summed E-state index contributed by atoms with van der Waals surface area (Å²) in [6, 6.07) is 10.2. The smallest absolute Gasteiger partial charge is 0.224 e. The Morgan fingerprint density at radius 3 is 2.71 bits per heavy atom. The molecular formula is C20H21FN6O. The molecule has 144 valence electrons. The van der Waals surface area contributed by atoms with Crippen molar-refractivity contribution in [3.8, 4) is 0 Å². The summed E-state index contributed by atoms with van der Waals surface area (Å²) in [5.41, 5.74) is 0.663. The zero-order valence-corrected chi connectivity index (χ0v) is 15.4. The standard InChI is InChI=1S/C20H21FN6O/c21-15-4-5-17-16(13-15)20(25-14-24-17)23-8-6-19(28)27-11-9-26(10-12-27)18-3-1-2-7-22-18/h1-5,7,13-14H,6,8-12H2,(H,23,24,25). The lowest BCUT2D eigenvalue weighted by atomic mass is 10.2. The van der Waals surface area contributed by atoms with E-state index in [-0.39, 0.29) is 11.7 Å². The van der Waals surface area contributed by atoms with Gasteiger partial charge in [-0.3, -0.25) is 4.79 Å². The highest BCUT2D eigenvalue weighted by Crippen LogP contribution is 2.20. The summed E-state index contributed by atoms with van der Waals surface area (Å²) in [5.74, 6) is 1.24. The molecule has 0 bridgehead atoms. The van der Waals surface area contributed by atoms with Crippen LogP contribution in [-0.4, -0.2) is 58.5 Å². The van der Waals surface area contributed by atoms with Crippen molar-refractivity contribution in [1.29, 1.82) is 0 Å². The number of nitrogens with one attached hydrogen (secondary N) is 1. The van der Waals surface area contributed by atoms with Crippen LogP contribution in [0.1, 0.15) is 6.42 Å². The SMILES string of the molecule is O=C(CCNc1ncnc2ccc(F)cc12)N1CCN(c2ccccn2)CC1. The van der Waals surface area contributed by atoms with Crippen LogP contribution in [0.4, 0.5) is 16.0 Å². The van der Waals surface area contributed by atoms with Crippen LogP contribution in [0.25, 0.3) is 10.9 Å². The average molecular weight is 380 g/mol. The molecule has 4 rings (SSSR count). The number of piperazine rings is 1. The maximum atomic E-state index is 13.5. The van der Waals surface area contributed by atoms with Crippen LogP contribution >= 0.6 is 0 Å². The molecule has 0 aliphatic carbocycles. The Balaban J connectivity index is 1.29. The van der Waals surface area contributed by atoms with Gasteiger partial charge in [-0.05, 0) is 30.3 Å². The van der Waals surface area contributed by atoms with E-state index in [9.17, 15) is 9.18 Å². The van der Waals surface area contributed by atoms with E-state index >= 15 is 0 Å². The second-order valence-corrected chi connectivity index (χ2v) is 6.62. The molecule has 0 atom stereocenters. The average Bonchev–Trinajstić information content (AvgIpc) is 2.74. The highest BCUT2D eigenvalue weighted by Gasteiger charge is 2.21. The third-order valence-corrected chi connectivity index (χ3v) is 4.83. The number of halogens is 1. The van der Waals surface area contributed by atoms with Crippen molar-refractivity contribution in [3.05, 3.63) is 54.7 Å². The van der Waals surface area contributed by atoms with Gasteiger partial charge in [0.1, 0.15) is 23.8 Å². The molecule has 7 nitrogen and oxygen atoms in total. The minimum atomic E-state index is -0.341. The number of carbonyl (C=O) groups is 1. The minimum Gasteiger partial charge on any atom is -0.369 e. The van der Waals surface area contributed by atoms with Crippen molar-refractivity contribution < 1.29 is 9.18 Å². The number of fused-ring (bicyclic) bond motifs is 1. The van der Waals surface area contributed by atoms with Crippen LogP contribution in [0.2, 0.25) is 0 Å². The Hall–Kier alpha value is -3.29. The molecule has 1 amide bonds. The van der Waals surface area contributed by atoms with Gasteiger partial charge in [-0.1, -0.05) is 6.07 Å². The van der Waals surface area contributed by atoms with Gasteiger partial charge in [-0.25, -0.2) is 19.3 Å². The number of nitrogens with zero attached hydrogens (tertiary/aromatic N) is 5. The molecule has 0 spiro atoms. The van der Waals surface area contributed by atoms with Crippen molar-refractivity contribution >= 4 is 28.4 Å². The van der Waals surface area contributed by atoms with Gasteiger partial charge in [-0.15, -0.1) is 0 Å². The first-order chi connectivity index (χ1) is 13.7. The van der Waals surface area contributed by atoms with Crippen LogP contribution in [0.5, 0.6) is 0 Å². The number of hydrogen-bond donors (Lipinski definition) is 1. The molecule has 1 aromatic carbocycles. The predicted octanol–water partition coefficient (Wildman–Crippen LogP) is 2.31. The summed E-state index contributed by atoms with van der Waals surface area (Å²) in [6.45, 7) is 3.33. The molecular weight excluding hydrogens is 359 g/mol. The van der Waals surface area contributed by atoms with Gasteiger partial charge in [0.2, 0.25) is 5.91 Å². The van der Waals surface area contributed by atoms with E-state index < -0.39 is 0 Å². The fourth-order valence-electron chi connectivity index (χ4n) is 3.34. The Labute approximate surface area is 162 Å². The van der Waals surface area contributed by atoms with E-state index in [1.165, 1.54) is 18.5 Å². The number of hydrogen-bond acceptors (Lipinski definition) is 6. The van der Waals surface area contributed by atoms with E-state index in [0.29, 0.717) is 42.8 Å². The summed E-state index contributed by atoms with van der Waals surface area (Å²) in [4.78, 5) is 29.2. The van der Waals surface area contributed by atoms with Gasteiger partial charge in [0, 0.05) is 50.7 Å². The minimum absolute atomic E-state index is 0.0951. The van der Waals surface area contributed by atoms with Crippen LogP contribution < -0.4 is 10.2 Å². The molecule has 1 saturated heterocycles. The lowest BCUT2D eigenvalue weighted by Crippen LogP contribution is -2.49. The molecule has 1 N–H and O–H groups in total. The van der Waals surface area contributed by atoms with Gasteiger partial charge in [-0.2, -0.15) is 0 Å². The molecule has 1 fully saturated rings. The molecule has 2 aromatic heterocycles. The van der Waals surface area contributed by atoms with Crippen LogP contribution in [0, 0.1) is 5.82 Å². The van der Waals surface area contributed by atoms with Crippen molar-refractivity contribution in [2.45, 2.75) is 6.42 Å². The molecule has 8 heteroatoms. The Kier molecular flexibility index (Phi) is 5.27. The first-order valence-electron chi connectivity index (χ1n) is 9.28. The molecule has 1 aliphatic heterocycles. The maximum Gasteiger partial charge on any atom is 0.224 e. The van der Waals surface area contributed by atoms with Crippen LogP contribution in [-0.2, 0) is 4.79 Å². The third-order valence-electron chi connectivity index (χ3n) is 4.83. The highest BCUT2D eigenvalue weighted by atomic mass is 19.1. The fraction of sp³-hybridized carbons (Fsp3) is 0.300. The predicted molar refractivity (Wildman–Crippen MR) is 106 cm³/mol. The van der Waals surface area contributed by atoms with E-state index in [1.54, 1.807) is 12.3 Å². The number of carbonyl (C=O) groups excluding carboxylic acids is 1. The maximum absolute atomic E-state index is 13.5. The van der Waals surface area contributed by atoms with E-state index in [2.05, 4.69) is 25.2 Å². The van der Waals surface area contributed by atoms with Gasteiger partial charge < -0.3 is 15.1 Å². The number of aromatic nitrogens is 3. The van der Waals surface area contributed by atoms with Gasteiger partial charge >= 0.3 is 0 Å². The summed E-state index contributed by atoms with van der Waals surface area (Å²) in [6.07, 6.45) is 3.56. The third kappa shape index (κ3) is 4.00. The van der Waals surface area contributed by atoms with Crippen LogP contribution in [0.15, 0.2) is 48.9 Å². The first-order valence-corrected chi connectivity index (χ1v) is 9.28. The zero-order valence-electron chi connectivity index (χ0n) is 15.4. The Morgan fingerprint density at radius 2 is 1.93 bits per heavy atom. The van der Waals surface area contributed by atoms with E-state index in [4.69, 9.17) is 0 Å². The topological polar surface area (TPSA) is 74.2 Å². The summed E-state index contributed by atoms with van der Waals surface area (Å²) < 4.78 is 13.5. The molecule has 3 heterocycles. The molecule has 3 aromatic rings. The second kappa shape index (κ2) is 8.16. The first kappa shape index (κ1) is 18.1. The molecule has 0 unspecified atom stereocenters. The van der Waals surface area contributed by atoms with E-state index in [0.717, 1.165) is 18.9 Å².